The molecule has 2 atom stereocenters. The van der Waals surface area contributed by atoms with Gasteiger partial charge in [-0.15, -0.1) is 10.2 Å². The summed E-state index contributed by atoms with van der Waals surface area (Å²) in [5.74, 6) is 0.662. The highest BCUT2D eigenvalue weighted by Crippen LogP contribution is 2.33. The van der Waals surface area contributed by atoms with Gasteiger partial charge in [-0.1, -0.05) is 43.5 Å². The van der Waals surface area contributed by atoms with Crippen molar-refractivity contribution in [2.45, 2.75) is 37.0 Å². The summed E-state index contributed by atoms with van der Waals surface area (Å²) in [7, 11) is 0.0908. The Labute approximate surface area is 200 Å². The zero-order valence-electron chi connectivity index (χ0n) is 19.3. The first-order chi connectivity index (χ1) is 16.4. The van der Waals surface area contributed by atoms with Gasteiger partial charge in [-0.05, 0) is 42.0 Å². The van der Waals surface area contributed by atoms with E-state index in [1.807, 2.05) is 12.1 Å². The van der Waals surface area contributed by atoms with Crippen LogP contribution in [-0.4, -0.2) is 37.5 Å². The van der Waals surface area contributed by atoms with Crippen molar-refractivity contribution in [3.8, 4) is 34.3 Å². The minimum absolute atomic E-state index is 0.0908. The molecule has 0 saturated carbocycles. The molecule has 0 saturated heterocycles. The van der Waals surface area contributed by atoms with Gasteiger partial charge >= 0.3 is 0 Å². The van der Waals surface area contributed by atoms with Crippen LogP contribution >= 0.6 is 10.5 Å². The van der Waals surface area contributed by atoms with Gasteiger partial charge in [0.1, 0.15) is 6.67 Å². The highest BCUT2D eigenvalue weighted by molar-refractivity contribution is 8.15. The molecule has 2 unspecified atom stereocenters. The number of hydrogen-bond donors (Lipinski definition) is 2. The van der Waals surface area contributed by atoms with E-state index in [-0.39, 0.29) is 22.2 Å². The van der Waals surface area contributed by atoms with Gasteiger partial charge in [-0.2, -0.15) is 10.5 Å². The Morgan fingerprint density at radius 3 is 2.26 bits per heavy atom. The molecule has 0 fully saturated rings. The summed E-state index contributed by atoms with van der Waals surface area (Å²) in [4.78, 5) is 10.2. The topological polar surface area (TPSA) is 117 Å². The van der Waals surface area contributed by atoms with Gasteiger partial charge in [0.25, 0.3) is 5.89 Å². The standard InChI is InChI=1S/C25H27FN6OS/c1-4-34(15(2)3)19-11-9-17(10-12-19)21-14-29-23(28)22(30-21)25-32-31-24(33-25)18-7-5-16(6-8-18)20(27)13-26/h4-12,14-15,20H,13,27H2,1-3H3,(H2,28,29). The predicted molar refractivity (Wildman–Crippen MR) is 136 cm³/mol. The number of hydrogen-bond acceptors (Lipinski definition) is 7. The number of nitrogens with two attached hydrogens (primary N) is 2. The van der Waals surface area contributed by atoms with Crippen LogP contribution in [0.5, 0.6) is 0 Å². The molecular formula is C25H27FN6OS. The first-order valence-electron chi connectivity index (χ1n) is 10.9. The molecule has 2 aromatic heterocycles. The summed E-state index contributed by atoms with van der Waals surface area (Å²) < 4.78 is 18.6. The molecule has 4 rings (SSSR count). The van der Waals surface area contributed by atoms with Crippen molar-refractivity contribution in [2.24, 2.45) is 5.73 Å². The summed E-state index contributed by atoms with van der Waals surface area (Å²) in [6.07, 6.45) is 1.63. The van der Waals surface area contributed by atoms with Crippen molar-refractivity contribution in [2.75, 3.05) is 12.4 Å². The zero-order valence-corrected chi connectivity index (χ0v) is 20.1. The second-order valence-corrected chi connectivity index (χ2v) is 10.6. The van der Waals surface area contributed by atoms with E-state index in [9.17, 15) is 4.39 Å². The van der Waals surface area contributed by atoms with Gasteiger partial charge in [-0.3, -0.25) is 0 Å². The fourth-order valence-corrected chi connectivity index (χ4v) is 5.37. The number of rotatable bonds is 7. The molecule has 0 bridgehead atoms. The fourth-order valence-electron chi connectivity index (χ4n) is 3.56. The van der Waals surface area contributed by atoms with Crippen LogP contribution in [0, 0.1) is 0 Å². The van der Waals surface area contributed by atoms with Crippen molar-refractivity contribution in [3.05, 3.63) is 60.3 Å². The first kappa shape index (κ1) is 23.7. The maximum absolute atomic E-state index is 12.8. The summed E-state index contributed by atoms with van der Waals surface area (Å²) in [6, 6.07) is 14.7. The van der Waals surface area contributed by atoms with Crippen LogP contribution in [0.1, 0.15) is 32.4 Å². The number of benzene rings is 2. The number of halogens is 1. The number of anilines is 1. The number of nitrogen functional groups attached to an aromatic ring is 1. The van der Waals surface area contributed by atoms with E-state index in [0.717, 1.165) is 5.56 Å². The lowest BCUT2D eigenvalue weighted by Crippen LogP contribution is -2.11. The monoisotopic (exact) mass is 478 g/mol. The van der Waals surface area contributed by atoms with Crippen LogP contribution in [0.4, 0.5) is 10.2 Å². The van der Waals surface area contributed by atoms with Crippen molar-refractivity contribution >= 4 is 21.7 Å². The number of aromatic nitrogens is 4. The third-order valence-corrected chi connectivity index (χ3v) is 7.70. The summed E-state index contributed by atoms with van der Waals surface area (Å²) in [6.45, 7) is 5.92. The highest BCUT2D eigenvalue weighted by atomic mass is 32.2. The normalized spacial score (nSPS) is 13.4. The van der Waals surface area contributed by atoms with E-state index in [1.165, 1.54) is 4.90 Å². The molecule has 176 valence electrons. The minimum Gasteiger partial charge on any atom is -0.414 e. The Balaban J connectivity index is 1.62. The maximum atomic E-state index is 12.8. The van der Waals surface area contributed by atoms with E-state index in [0.29, 0.717) is 33.7 Å². The molecule has 0 aliphatic heterocycles. The largest absolute Gasteiger partial charge is 0.414 e. The molecule has 0 aliphatic rings. The average Bonchev–Trinajstić information content (AvgIpc) is 3.35. The minimum atomic E-state index is -0.656. The van der Waals surface area contributed by atoms with Crippen molar-refractivity contribution in [1.29, 1.82) is 0 Å². The molecule has 0 spiro atoms. The summed E-state index contributed by atoms with van der Waals surface area (Å²) in [5, 5.41) is 11.0. The fraction of sp³-hybridized carbons (Fsp3) is 0.240. The lowest BCUT2D eigenvalue weighted by molar-refractivity contribution is 0.437. The summed E-state index contributed by atoms with van der Waals surface area (Å²) >= 11 is 0. The quantitative estimate of drug-likeness (QED) is 0.347. The van der Waals surface area contributed by atoms with Gasteiger partial charge in [0, 0.05) is 16.0 Å². The van der Waals surface area contributed by atoms with Crippen LogP contribution in [0.3, 0.4) is 0 Å². The molecule has 0 amide bonds. The van der Waals surface area contributed by atoms with E-state index >= 15 is 0 Å². The van der Waals surface area contributed by atoms with E-state index in [2.05, 4.69) is 58.4 Å². The Hall–Kier alpha value is -3.43. The molecule has 0 radical (unpaired) electrons. The van der Waals surface area contributed by atoms with Crippen LogP contribution in [0.15, 0.2) is 64.0 Å². The van der Waals surface area contributed by atoms with Gasteiger partial charge in [0.2, 0.25) is 5.89 Å². The van der Waals surface area contributed by atoms with E-state index < -0.39 is 12.7 Å². The summed E-state index contributed by atoms with van der Waals surface area (Å²) in [5.41, 5.74) is 15.1. The Morgan fingerprint density at radius 2 is 1.65 bits per heavy atom. The van der Waals surface area contributed by atoms with E-state index in [1.54, 1.807) is 30.5 Å². The third kappa shape index (κ3) is 4.90. The van der Waals surface area contributed by atoms with Gasteiger partial charge in [-0.25, -0.2) is 14.4 Å². The maximum Gasteiger partial charge on any atom is 0.270 e. The van der Waals surface area contributed by atoms with Gasteiger partial charge in [0.05, 0.1) is 17.9 Å². The molecule has 34 heavy (non-hydrogen) atoms. The lowest BCUT2D eigenvalue weighted by atomic mass is 10.1. The number of alkyl halides is 1. The molecule has 7 nitrogen and oxygen atoms in total. The van der Waals surface area contributed by atoms with E-state index in [4.69, 9.17) is 15.9 Å². The first-order valence-corrected chi connectivity index (χ1v) is 12.3. The van der Waals surface area contributed by atoms with Crippen molar-refractivity contribution < 1.29 is 8.81 Å². The molecule has 2 heterocycles. The van der Waals surface area contributed by atoms with Crippen molar-refractivity contribution in [3.63, 3.8) is 0 Å². The Morgan fingerprint density at radius 1 is 1.00 bits per heavy atom. The van der Waals surface area contributed by atoms with Crippen LogP contribution in [0.2, 0.25) is 0 Å². The smallest absolute Gasteiger partial charge is 0.270 e. The lowest BCUT2D eigenvalue weighted by Gasteiger charge is -2.13. The number of nitrogens with zero attached hydrogens (tertiary/aromatic N) is 4. The van der Waals surface area contributed by atoms with Gasteiger partial charge in [0.15, 0.2) is 11.5 Å². The second-order valence-electron chi connectivity index (χ2n) is 7.96. The van der Waals surface area contributed by atoms with Crippen LogP contribution < -0.4 is 11.5 Å². The van der Waals surface area contributed by atoms with Crippen molar-refractivity contribution in [1.82, 2.24) is 20.2 Å². The predicted octanol–water partition coefficient (Wildman–Crippen LogP) is 5.27. The Bertz CT molecular complexity index is 1300. The van der Waals surface area contributed by atoms with Gasteiger partial charge < -0.3 is 15.9 Å². The molecule has 2 aromatic carbocycles. The second kappa shape index (κ2) is 10.2. The average molecular weight is 479 g/mol. The molecule has 0 aliphatic carbocycles. The molecule has 4 aromatic rings. The van der Waals surface area contributed by atoms with Crippen LogP contribution in [-0.2, 0) is 0 Å². The third-order valence-electron chi connectivity index (χ3n) is 5.36. The van der Waals surface area contributed by atoms with Crippen LogP contribution in [0.25, 0.3) is 34.3 Å². The highest BCUT2D eigenvalue weighted by Gasteiger charge is 2.17. The molecule has 9 heteroatoms. The SMILES string of the molecule is C/C=S(\c1ccc(-c2cnc(N)c(-c3nnc(-c4ccc(C(N)CF)cc4)o3)n2)cc1)C(C)C. The molecule has 4 N–H and O–H groups in total. The zero-order chi connectivity index (χ0) is 24.2. The molecular weight excluding hydrogens is 451 g/mol. The Kier molecular flexibility index (Phi) is 7.14.